The maximum absolute atomic E-state index is 12.2. The van der Waals surface area contributed by atoms with Crippen molar-refractivity contribution in [2.45, 2.75) is 25.3 Å². The Bertz CT molecular complexity index is 464. The first-order chi connectivity index (χ1) is 9.72. The number of hydrogen-bond acceptors (Lipinski definition) is 4. The molecule has 1 aromatic heterocycles. The van der Waals surface area contributed by atoms with Gasteiger partial charge in [0.2, 0.25) is 5.91 Å². The van der Waals surface area contributed by atoms with Gasteiger partial charge in [0.05, 0.1) is 6.20 Å². The molecule has 6 heteroatoms. The minimum Gasteiger partial charge on any atom is -0.482 e. The number of nitrogens with one attached hydrogen (secondary N) is 1. The lowest BCUT2D eigenvalue weighted by Gasteiger charge is -2.34. The van der Waals surface area contributed by atoms with E-state index in [1.54, 1.807) is 36.5 Å². The third-order valence-electron chi connectivity index (χ3n) is 3.37. The fraction of sp³-hybridized carbons (Fsp3) is 0.500. The van der Waals surface area contributed by atoms with Gasteiger partial charge >= 0.3 is 0 Å². The number of carbonyl (C=O) groups excluding carboxylic acids is 2. The second-order valence-corrected chi connectivity index (χ2v) is 4.69. The quantitative estimate of drug-likeness (QED) is 0.874. The van der Waals surface area contributed by atoms with E-state index in [4.69, 9.17) is 4.74 Å². The van der Waals surface area contributed by atoms with Crippen molar-refractivity contribution in [3.63, 3.8) is 0 Å². The zero-order chi connectivity index (χ0) is 14.4. The summed E-state index contributed by atoms with van der Waals surface area (Å²) in [5.74, 6) is 0.274. The molecule has 1 aliphatic heterocycles. The minimum absolute atomic E-state index is 0.0703. The van der Waals surface area contributed by atoms with Crippen LogP contribution in [-0.4, -0.2) is 47.9 Å². The fourth-order valence-corrected chi connectivity index (χ4v) is 2.33. The molecular weight excluding hydrogens is 258 g/mol. The molecule has 0 bridgehead atoms. The summed E-state index contributed by atoms with van der Waals surface area (Å²) >= 11 is 0. The van der Waals surface area contributed by atoms with Crippen molar-refractivity contribution in [2.24, 2.45) is 0 Å². The second kappa shape index (κ2) is 6.88. The Hall–Kier alpha value is -2.11. The average Bonchev–Trinajstić information content (AvgIpc) is 2.52. The second-order valence-electron chi connectivity index (χ2n) is 4.69. The van der Waals surface area contributed by atoms with Crippen LogP contribution in [0.2, 0.25) is 0 Å². The van der Waals surface area contributed by atoms with Crippen LogP contribution in [0.25, 0.3) is 0 Å². The predicted molar refractivity (Wildman–Crippen MR) is 73.2 cm³/mol. The lowest BCUT2D eigenvalue weighted by atomic mass is 10.0. The Morgan fingerprint density at radius 1 is 1.50 bits per heavy atom. The molecule has 0 aromatic carbocycles. The van der Waals surface area contributed by atoms with Crippen LogP contribution in [0.4, 0.5) is 0 Å². The topological polar surface area (TPSA) is 71.5 Å². The summed E-state index contributed by atoms with van der Waals surface area (Å²) < 4.78 is 5.40. The van der Waals surface area contributed by atoms with E-state index in [0.29, 0.717) is 18.7 Å². The number of rotatable bonds is 4. The van der Waals surface area contributed by atoms with Crippen LogP contribution < -0.4 is 10.1 Å². The van der Waals surface area contributed by atoms with Crippen molar-refractivity contribution in [1.29, 1.82) is 0 Å². The van der Waals surface area contributed by atoms with Crippen molar-refractivity contribution in [3.8, 4) is 5.75 Å². The maximum Gasteiger partial charge on any atom is 0.261 e. The fourth-order valence-electron chi connectivity index (χ4n) is 2.33. The Morgan fingerprint density at radius 3 is 3.05 bits per heavy atom. The Labute approximate surface area is 118 Å². The van der Waals surface area contributed by atoms with Gasteiger partial charge in [-0.1, -0.05) is 0 Å². The van der Waals surface area contributed by atoms with Gasteiger partial charge in [-0.3, -0.25) is 14.6 Å². The minimum atomic E-state index is -0.376. The predicted octanol–water partition coefficient (Wildman–Crippen LogP) is 0.587. The first-order valence-electron chi connectivity index (χ1n) is 6.76. The lowest BCUT2D eigenvalue weighted by Crippen LogP contribution is -2.52. The molecule has 1 atom stereocenters. The van der Waals surface area contributed by atoms with Crippen LogP contribution in [-0.2, 0) is 9.59 Å². The van der Waals surface area contributed by atoms with E-state index in [0.717, 1.165) is 12.8 Å². The summed E-state index contributed by atoms with van der Waals surface area (Å²) in [6.45, 7) is 0.534. The summed E-state index contributed by atoms with van der Waals surface area (Å²) in [6.07, 6.45) is 5.79. The monoisotopic (exact) mass is 277 g/mol. The zero-order valence-corrected chi connectivity index (χ0v) is 11.5. The smallest absolute Gasteiger partial charge is 0.261 e. The molecule has 1 aliphatic rings. The highest BCUT2D eigenvalue weighted by molar-refractivity contribution is 5.88. The number of likely N-dealkylation sites (N-methyl/N-ethyl adjacent to an activating group) is 1. The molecule has 20 heavy (non-hydrogen) atoms. The molecule has 2 amide bonds. The molecule has 2 rings (SSSR count). The van der Waals surface area contributed by atoms with Crippen molar-refractivity contribution in [1.82, 2.24) is 15.2 Å². The standard InChI is InChI=1S/C14H19N3O3/c1-15-14(19)12-6-2-3-8-17(12)13(18)10-20-11-5-4-7-16-9-11/h4-5,7,9,12H,2-3,6,8,10H2,1H3,(H,15,19). The molecular formula is C14H19N3O3. The Kier molecular flexibility index (Phi) is 4.92. The van der Waals surface area contributed by atoms with E-state index in [-0.39, 0.29) is 24.5 Å². The molecule has 0 aliphatic carbocycles. The molecule has 1 N–H and O–H groups in total. The summed E-state index contributed by atoms with van der Waals surface area (Å²) in [7, 11) is 1.59. The van der Waals surface area contributed by atoms with Gasteiger partial charge < -0.3 is 15.0 Å². The van der Waals surface area contributed by atoms with Crippen LogP contribution in [0.15, 0.2) is 24.5 Å². The number of ether oxygens (including phenoxy) is 1. The summed E-state index contributed by atoms with van der Waals surface area (Å²) in [4.78, 5) is 29.5. The molecule has 1 aromatic rings. The third-order valence-corrected chi connectivity index (χ3v) is 3.37. The first kappa shape index (κ1) is 14.3. The van der Waals surface area contributed by atoms with Crippen LogP contribution in [0.5, 0.6) is 5.75 Å². The van der Waals surface area contributed by atoms with E-state index < -0.39 is 0 Å². The number of carbonyl (C=O) groups is 2. The van der Waals surface area contributed by atoms with Gasteiger partial charge in [0, 0.05) is 19.8 Å². The van der Waals surface area contributed by atoms with Gasteiger partial charge in [0.25, 0.3) is 5.91 Å². The summed E-state index contributed by atoms with van der Waals surface area (Å²) in [5, 5.41) is 2.61. The Balaban J connectivity index is 1.94. The van der Waals surface area contributed by atoms with Crippen LogP contribution in [0.1, 0.15) is 19.3 Å². The number of pyridine rings is 1. The molecule has 1 fully saturated rings. The van der Waals surface area contributed by atoms with Crippen molar-refractivity contribution in [3.05, 3.63) is 24.5 Å². The van der Waals surface area contributed by atoms with Crippen molar-refractivity contribution in [2.75, 3.05) is 20.2 Å². The van der Waals surface area contributed by atoms with Crippen molar-refractivity contribution >= 4 is 11.8 Å². The van der Waals surface area contributed by atoms with Gasteiger partial charge in [-0.25, -0.2) is 0 Å². The lowest BCUT2D eigenvalue weighted by molar-refractivity contribution is -0.143. The van der Waals surface area contributed by atoms with Crippen LogP contribution >= 0.6 is 0 Å². The van der Waals surface area contributed by atoms with E-state index in [1.807, 2.05) is 0 Å². The highest BCUT2D eigenvalue weighted by Gasteiger charge is 2.31. The zero-order valence-electron chi connectivity index (χ0n) is 11.5. The van der Waals surface area contributed by atoms with Crippen LogP contribution in [0.3, 0.4) is 0 Å². The van der Waals surface area contributed by atoms with Gasteiger partial charge in [0.1, 0.15) is 11.8 Å². The molecule has 1 unspecified atom stereocenters. The SMILES string of the molecule is CNC(=O)C1CCCCN1C(=O)COc1cccnc1. The molecule has 0 spiro atoms. The molecule has 2 heterocycles. The van der Waals surface area contributed by atoms with Gasteiger partial charge in [-0.05, 0) is 31.4 Å². The average molecular weight is 277 g/mol. The highest BCUT2D eigenvalue weighted by atomic mass is 16.5. The highest BCUT2D eigenvalue weighted by Crippen LogP contribution is 2.17. The van der Waals surface area contributed by atoms with Crippen molar-refractivity contribution < 1.29 is 14.3 Å². The van der Waals surface area contributed by atoms with Gasteiger partial charge in [-0.15, -0.1) is 0 Å². The van der Waals surface area contributed by atoms with Gasteiger partial charge in [0.15, 0.2) is 6.61 Å². The van der Waals surface area contributed by atoms with E-state index in [9.17, 15) is 9.59 Å². The van der Waals surface area contributed by atoms with E-state index >= 15 is 0 Å². The third kappa shape index (κ3) is 3.46. The molecule has 0 radical (unpaired) electrons. The van der Waals surface area contributed by atoms with E-state index in [2.05, 4.69) is 10.3 Å². The molecule has 6 nitrogen and oxygen atoms in total. The first-order valence-corrected chi connectivity index (χ1v) is 6.76. The van der Waals surface area contributed by atoms with Gasteiger partial charge in [-0.2, -0.15) is 0 Å². The van der Waals surface area contributed by atoms with Crippen LogP contribution in [0, 0.1) is 0 Å². The number of aromatic nitrogens is 1. The Morgan fingerprint density at radius 2 is 2.35 bits per heavy atom. The number of nitrogens with zero attached hydrogens (tertiary/aromatic N) is 2. The van der Waals surface area contributed by atoms with E-state index in [1.165, 1.54) is 0 Å². The maximum atomic E-state index is 12.2. The normalized spacial score (nSPS) is 18.4. The number of hydrogen-bond donors (Lipinski definition) is 1. The molecule has 108 valence electrons. The molecule has 0 saturated carbocycles. The summed E-state index contributed by atoms with van der Waals surface area (Å²) in [5.41, 5.74) is 0. The number of piperidine rings is 1. The number of likely N-dealkylation sites (tertiary alicyclic amines) is 1. The summed E-state index contributed by atoms with van der Waals surface area (Å²) in [6, 6.07) is 3.11. The molecule has 1 saturated heterocycles. The number of amides is 2. The largest absolute Gasteiger partial charge is 0.482 e.